The van der Waals surface area contributed by atoms with Gasteiger partial charge in [0.1, 0.15) is 41.3 Å². The van der Waals surface area contributed by atoms with Crippen molar-refractivity contribution in [2.45, 2.75) is 58.4 Å². The number of ether oxygens (including phenoxy) is 2. The maximum absolute atomic E-state index is 14.1. The lowest BCUT2D eigenvalue weighted by Crippen LogP contribution is -2.46. The number of allylic oxidation sites excluding steroid dienone is 1. The van der Waals surface area contributed by atoms with Crippen LogP contribution in [0.1, 0.15) is 44.9 Å². The number of aromatic nitrogens is 2. The number of para-hydroxylation sites is 1. The van der Waals surface area contributed by atoms with Crippen molar-refractivity contribution in [1.82, 2.24) is 19.8 Å². The molecule has 2 heterocycles. The molecular weight excluding hydrogens is 624 g/mol. The minimum atomic E-state index is -1.07. The van der Waals surface area contributed by atoms with Crippen LogP contribution < -0.4 is 20.9 Å². The van der Waals surface area contributed by atoms with Gasteiger partial charge in [-0.05, 0) is 76.1 Å². The quantitative estimate of drug-likeness (QED) is 0.172. The van der Waals surface area contributed by atoms with E-state index in [1.165, 1.54) is 27.7 Å². The molecule has 3 N–H and O–H groups in total. The number of rotatable bonds is 12. The fourth-order valence-corrected chi connectivity index (χ4v) is 4.66. The first kappa shape index (κ1) is 35.4. The molecule has 48 heavy (non-hydrogen) atoms. The predicted molar refractivity (Wildman–Crippen MR) is 178 cm³/mol. The summed E-state index contributed by atoms with van der Waals surface area (Å²) in [5, 5.41) is 5.97. The van der Waals surface area contributed by atoms with Crippen molar-refractivity contribution in [2.75, 3.05) is 19.4 Å². The Morgan fingerprint density at radius 1 is 1.06 bits per heavy atom. The van der Waals surface area contributed by atoms with Gasteiger partial charge in [-0.15, -0.1) is 0 Å². The number of fused-ring (bicyclic) bond motifs is 1. The van der Waals surface area contributed by atoms with Gasteiger partial charge in [0.25, 0.3) is 5.56 Å². The van der Waals surface area contributed by atoms with Crippen LogP contribution in [-0.2, 0) is 27.5 Å². The average molecular weight is 664 g/mol. The van der Waals surface area contributed by atoms with Gasteiger partial charge in [-0.2, -0.15) is 0 Å². The van der Waals surface area contributed by atoms with E-state index in [1.54, 1.807) is 65.3 Å². The van der Waals surface area contributed by atoms with Crippen LogP contribution in [0.5, 0.6) is 5.75 Å². The van der Waals surface area contributed by atoms with Crippen LogP contribution in [0.3, 0.4) is 0 Å². The number of hydrogen-bond donors (Lipinski definition) is 3. The van der Waals surface area contributed by atoms with E-state index in [-0.39, 0.29) is 43.2 Å². The highest BCUT2D eigenvalue weighted by Gasteiger charge is 2.25. The number of anilines is 1. The maximum atomic E-state index is 14.1. The number of aromatic amines is 1. The summed E-state index contributed by atoms with van der Waals surface area (Å²) in [6.07, 6.45) is 4.18. The molecule has 0 saturated carbocycles. The molecule has 2 aromatic carbocycles. The zero-order valence-electron chi connectivity index (χ0n) is 27.4. The van der Waals surface area contributed by atoms with Crippen LogP contribution >= 0.6 is 0 Å². The lowest BCUT2D eigenvalue weighted by atomic mass is 10.1. The molecule has 0 aliphatic carbocycles. The average Bonchev–Trinajstić information content (AvgIpc) is 3.42. The summed E-state index contributed by atoms with van der Waals surface area (Å²) in [4.78, 5) is 55.8. The Morgan fingerprint density at radius 2 is 1.83 bits per heavy atom. The van der Waals surface area contributed by atoms with E-state index in [1.807, 2.05) is 12.1 Å². The number of alkyl carbamates (subject to hydrolysis) is 1. The summed E-state index contributed by atoms with van der Waals surface area (Å²) >= 11 is 0. The maximum Gasteiger partial charge on any atom is 0.408 e. The fourth-order valence-electron chi connectivity index (χ4n) is 4.66. The number of nitrogens with one attached hydrogen (secondary N) is 3. The summed E-state index contributed by atoms with van der Waals surface area (Å²) in [7, 11) is 3.23. The zero-order chi connectivity index (χ0) is 35.0. The van der Waals surface area contributed by atoms with E-state index >= 15 is 0 Å². The Hall–Kier alpha value is -5.46. The number of hydrogen-bond acceptors (Lipinski definition) is 6. The molecule has 0 radical (unpaired) electrons. The summed E-state index contributed by atoms with van der Waals surface area (Å²) in [5.74, 6) is -1.79. The molecular formula is C35H39F2N5O6. The standard InChI is InChI=1S/C35H39F2N5O6/c1-35(2,3)48-34(46)40-27(11-6-7-14-30(43)41(4)5)32(44)39-28-12-9-17-42(33(28)45)20-25-18-22-10-8-13-29(31(22)38-25)47-21-23-15-16-24(36)19-26(23)37/h7-10,12-19,27,38H,6,11,20-21H2,1-5H3,(H,39,44)(H,40,46). The lowest BCUT2D eigenvalue weighted by Gasteiger charge is -2.23. The highest BCUT2D eigenvalue weighted by Crippen LogP contribution is 2.27. The van der Waals surface area contributed by atoms with E-state index in [0.717, 1.165) is 17.5 Å². The van der Waals surface area contributed by atoms with Crippen LogP contribution in [0.15, 0.2) is 77.7 Å². The number of benzene rings is 2. The second kappa shape index (κ2) is 15.4. The van der Waals surface area contributed by atoms with Gasteiger partial charge in [-0.3, -0.25) is 14.4 Å². The number of halogens is 2. The number of likely N-dealkylation sites (N-methyl/N-ethyl adjacent to an activating group) is 1. The number of H-pyrrole nitrogens is 1. The van der Waals surface area contributed by atoms with Gasteiger partial charge >= 0.3 is 6.09 Å². The first-order chi connectivity index (χ1) is 22.7. The number of pyridine rings is 1. The normalized spacial score (nSPS) is 12.1. The van der Waals surface area contributed by atoms with E-state index in [9.17, 15) is 28.0 Å². The van der Waals surface area contributed by atoms with Gasteiger partial charge in [-0.1, -0.05) is 18.2 Å². The van der Waals surface area contributed by atoms with Gasteiger partial charge in [0.15, 0.2) is 0 Å². The van der Waals surface area contributed by atoms with Gasteiger partial charge in [0, 0.05) is 43.0 Å². The van der Waals surface area contributed by atoms with E-state index in [0.29, 0.717) is 17.0 Å². The van der Waals surface area contributed by atoms with E-state index in [2.05, 4.69) is 15.6 Å². The smallest absolute Gasteiger partial charge is 0.408 e. The molecule has 2 aromatic heterocycles. The van der Waals surface area contributed by atoms with Gasteiger partial charge in [0.05, 0.1) is 12.1 Å². The van der Waals surface area contributed by atoms with Gasteiger partial charge in [-0.25, -0.2) is 13.6 Å². The second-order valence-electron chi connectivity index (χ2n) is 12.3. The summed E-state index contributed by atoms with van der Waals surface area (Å²) < 4.78 is 40.0. The third kappa shape index (κ3) is 9.77. The molecule has 0 fully saturated rings. The SMILES string of the molecule is CN(C)C(=O)C=CCCC(NC(=O)OC(C)(C)C)C(=O)Nc1cccn(Cc2cc3cccc(OCc4ccc(F)cc4F)c3[nH]2)c1=O. The summed E-state index contributed by atoms with van der Waals surface area (Å²) in [6, 6.07) is 12.5. The van der Waals surface area contributed by atoms with Gasteiger partial charge in [0.2, 0.25) is 11.8 Å². The fraction of sp³-hybridized carbons (Fsp3) is 0.314. The number of carbonyl (C=O) groups excluding carboxylic acids is 3. The van der Waals surface area contributed by atoms with Crippen molar-refractivity contribution in [3.05, 3.63) is 106 Å². The molecule has 0 spiro atoms. The third-order valence-electron chi connectivity index (χ3n) is 7.02. The Labute approximate surface area is 276 Å². The van der Waals surface area contributed by atoms with Crippen LogP contribution in [0.2, 0.25) is 0 Å². The topological polar surface area (TPSA) is 135 Å². The molecule has 254 valence electrons. The molecule has 13 heteroatoms. The molecule has 1 atom stereocenters. The molecule has 0 aliphatic heterocycles. The first-order valence-electron chi connectivity index (χ1n) is 15.2. The van der Waals surface area contributed by atoms with Crippen LogP contribution in [0, 0.1) is 11.6 Å². The highest BCUT2D eigenvalue weighted by atomic mass is 19.1. The van der Waals surface area contributed by atoms with E-state index < -0.39 is 40.8 Å². The van der Waals surface area contributed by atoms with Crippen molar-refractivity contribution in [3.8, 4) is 5.75 Å². The zero-order valence-corrected chi connectivity index (χ0v) is 27.4. The molecule has 11 nitrogen and oxygen atoms in total. The molecule has 0 bridgehead atoms. The van der Waals surface area contributed by atoms with Crippen molar-refractivity contribution >= 4 is 34.5 Å². The number of carbonyl (C=O) groups is 3. The van der Waals surface area contributed by atoms with Crippen LogP contribution in [0.4, 0.5) is 19.3 Å². The Balaban J connectivity index is 1.48. The predicted octanol–water partition coefficient (Wildman–Crippen LogP) is 5.49. The van der Waals surface area contributed by atoms with Crippen LogP contribution in [0.25, 0.3) is 10.9 Å². The van der Waals surface area contributed by atoms with Crippen molar-refractivity contribution in [1.29, 1.82) is 0 Å². The monoisotopic (exact) mass is 663 g/mol. The van der Waals surface area contributed by atoms with Crippen molar-refractivity contribution in [3.63, 3.8) is 0 Å². The molecule has 1 unspecified atom stereocenters. The lowest BCUT2D eigenvalue weighted by molar-refractivity contribution is -0.123. The first-order valence-corrected chi connectivity index (χ1v) is 15.2. The highest BCUT2D eigenvalue weighted by molar-refractivity contribution is 5.96. The Morgan fingerprint density at radius 3 is 2.54 bits per heavy atom. The Kier molecular flexibility index (Phi) is 11.4. The van der Waals surface area contributed by atoms with E-state index in [4.69, 9.17) is 9.47 Å². The summed E-state index contributed by atoms with van der Waals surface area (Å²) in [5.41, 5.74) is 0.198. The second-order valence-corrected chi connectivity index (χ2v) is 12.3. The molecule has 4 rings (SSSR count). The minimum absolute atomic E-state index is 0.00160. The molecule has 3 amide bonds. The van der Waals surface area contributed by atoms with Gasteiger partial charge < -0.3 is 34.6 Å². The molecule has 4 aromatic rings. The number of nitrogens with zero attached hydrogens (tertiary/aromatic N) is 2. The minimum Gasteiger partial charge on any atom is -0.487 e. The largest absolute Gasteiger partial charge is 0.487 e. The third-order valence-corrected chi connectivity index (χ3v) is 7.02. The summed E-state index contributed by atoms with van der Waals surface area (Å²) in [6.45, 7) is 5.09. The molecule has 0 aliphatic rings. The number of amides is 3. The molecule has 0 saturated heterocycles. The van der Waals surface area contributed by atoms with Crippen LogP contribution in [-0.4, -0.2) is 58.1 Å². The van der Waals surface area contributed by atoms with Crippen molar-refractivity contribution < 1.29 is 32.6 Å². The Bertz CT molecular complexity index is 1880. The van der Waals surface area contributed by atoms with Crippen molar-refractivity contribution in [2.24, 2.45) is 0 Å².